The van der Waals surface area contributed by atoms with Gasteiger partial charge in [0, 0.05) is 0 Å². The van der Waals surface area contributed by atoms with Crippen molar-refractivity contribution in [2.45, 2.75) is 90.6 Å². The molecule has 0 amide bonds. The zero-order valence-corrected chi connectivity index (χ0v) is 13.3. The van der Waals surface area contributed by atoms with Gasteiger partial charge in [0.05, 0.1) is 5.60 Å². The fourth-order valence-corrected chi connectivity index (χ4v) is 2.72. The maximum atomic E-state index is 10.6. The summed E-state index contributed by atoms with van der Waals surface area (Å²) in [7, 11) is -2.80. The molecular weight excluding hydrogens is 247 g/mol. The minimum atomic E-state index is -2.80. The van der Waals surface area contributed by atoms with Crippen LogP contribution >= 0.6 is 8.25 Å². The van der Waals surface area contributed by atoms with E-state index in [1.165, 1.54) is 51.4 Å². The Morgan fingerprint density at radius 3 is 1.83 bits per heavy atom. The molecule has 0 saturated heterocycles. The van der Waals surface area contributed by atoms with Gasteiger partial charge >= 0.3 is 8.25 Å². The van der Waals surface area contributed by atoms with E-state index < -0.39 is 13.9 Å². The first kappa shape index (κ1) is 18.1. The lowest BCUT2D eigenvalue weighted by Crippen LogP contribution is -2.20. The van der Waals surface area contributed by atoms with Crippen molar-refractivity contribution in [2.24, 2.45) is 0 Å². The molecule has 3 nitrogen and oxygen atoms in total. The van der Waals surface area contributed by atoms with Crippen molar-refractivity contribution in [1.29, 1.82) is 0 Å². The lowest BCUT2D eigenvalue weighted by molar-refractivity contribution is 0.0910. The van der Waals surface area contributed by atoms with Crippen LogP contribution in [0.3, 0.4) is 0 Å². The second-order valence-electron chi connectivity index (χ2n) is 5.71. The zero-order valence-electron chi connectivity index (χ0n) is 12.3. The van der Waals surface area contributed by atoms with Crippen LogP contribution in [0.1, 0.15) is 85.0 Å². The first-order valence-corrected chi connectivity index (χ1v) is 8.66. The van der Waals surface area contributed by atoms with E-state index in [9.17, 15) is 4.57 Å². The highest BCUT2D eigenvalue weighted by atomic mass is 31.1. The third-order valence-corrected chi connectivity index (χ3v) is 3.97. The molecule has 0 aliphatic heterocycles. The molecular formula is C14H31O3P. The zero-order chi connectivity index (χ0) is 13.9. The molecule has 18 heavy (non-hydrogen) atoms. The van der Waals surface area contributed by atoms with Crippen LogP contribution in [-0.4, -0.2) is 10.5 Å². The molecule has 1 unspecified atom stereocenters. The first-order chi connectivity index (χ1) is 8.48. The summed E-state index contributed by atoms with van der Waals surface area (Å²) >= 11 is 0. The molecule has 4 heteroatoms. The Bertz CT molecular complexity index is 217. The molecule has 0 heterocycles. The van der Waals surface area contributed by atoms with Gasteiger partial charge in [0.25, 0.3) is 0 Å². The van der Waals surface area contributed by atoms with Crippen molar-refractivity contribution >= 4 is 8.25 Å². The van der Waals surface area contributed by atoms with Gasteiger partial charge in [-0.25, -0.2) is 0 Å². The summed E-state index contributed by atoms with van der Waals surface area (Å²) in [5, 5.41) is 0. The van der Waals surface area contributed by atoms with Crippen LogP contribution in [-0.2, 0) is 9.09 Å². The minimum Gasteiger partial charge on any atom is -0.326 e. The van der Waals surface area contributed by atoms with Crippen LogP contribution in [0.2, 0.25) is 0 Å². The standard InChI is InChI=1S/C14H31O3P/c1-4-5-6-7-8-9-10-11-12-13-14(2,3)17-18(15)16/h18H,4-13H2,1-3H3,(H,15,16). The van der Waals surface area contributed by atoms with Gasteiger partial charge in [-0.2, -0.15) is 0 Å². The highest BCUT2D eigenvalue weighted by Gasteiger charge is 2.19. The molecule has 0 saturated carbocycles. The van der Waals surface area contributed by atoms with Gasteiger partial charge in [0.2, 0.25) is 0 Å². The highest BCUT2D eigenvalue weighted by Crippen LogP contribution is 2.29. The predicted molar refractivity (Wildman–Crippen MR) is 78.2 cm³/mol. The van der Waals surface area contributed by atoms with Crippen LogP contribution in [0.4, 0.5) is 0 Å². The molecule has 0 aromatic carbocycles. The Morgan fingerprint density at radius 2 is 1.39 bits per heavy atom. The third kappa shape index (κ3) is 12.6. The average Bonchev–Trinajstić information content (AvgIpc) is 2.25. The molecule has 0 spiro atoms. The molecule has 0 aliphatic rings. The van der Waals surface area contributed by atoms with E-state index in [1.54, 1.807) is 0 Å². The fraction of sp³-hybridized carbons (Fsp3) is 1.00. The van der Waals surface area contributed by atoms with Crippen molar-refractivity contribution in [1.82, 2.24) is 0 Å². The van der Waals surface area contributed by atoms with E-state index in [2.05, 4.69) is 6.92 Å². The summed E-state index contributed by atoms with van der Waals surface area (Å²) in [6.45, 7) is 6.01. The average molecular weight is 278 g/mol. The van der Waals surface area contributed by atoms with Gasteiger partial charge in [0.1, 0.15) is 0 Å². The summed E-state index contributed by atoms with van der Waals surface area (Å²) in [6, 6.07) is 0. The number of rotatable bonds is 12. The lowest BCUT2D eigenvalue weighted by Gasteiger charge is -2.23. The van der Waals surface area contributed by atoms with E-state index in [1.807, 2.05) is 13.8 Å². The molecule has 0 aromatic heterocycles. The van der Waals surface area contributed by atoms with Gasteiger partial charge in [0.15, 0.2) is 0 Å². The molecule has 0 aromatic rings. The summed E-state index contributed by atoms with van der Waals surface area (Å²) in [6.07, 6.45) is 12.5. The van der Waals surface area contributed by atoms with Gasteiger partial charge in [-0.3, -0.25) is 4.57 Å². The second kappa shape index (κ2) is 11.0. The normalized spacial score (nSPS) is 13.8. The molecule has 110 valence electrons. The number of hydrogen-bond acceptors (Lipinski definition) is 2. The largest absolute Gasteiger partial charge is 0.326 e. The minimum absolute atomic E-state index is 0.452. The van der Waals surface area contributed by atoms with Gasteiger partial charge in [-0.05, 0) is 20.3 Å². The Morgan fingerprint density at radius 1 is 0.944 bits per heavy atom. The number of hydrogen-bond donors (Lipinski definition) is 1. The van der Waals surface area contributed by atoms with E-state index in [0.29, 0.717) is 0 Å². The molecule has 1 N–H and O–H groups in total. The smallest absolute Gasteiger partial charge is 0.317 e. The van der Waals surface area contributed by atoms with Crippen molar-refractivity contribution in [3.05, 3.63) is 0 Å². The third-order valence-electron chi connectivity index (χ3n) is 3.25. The molecule has 1 atom stereocenters. The summed E-state index contributed by atoms with van der Waals surface area (Å²) < 4.78 is 15.6. The Hall–Kier alpha value is 0.150. The van der Waals surface area contributed by atoms with Gasteiger partial charge in [-0.1, -0.05) is 64.7 Å². The highest BCUT2D eigenvalue weighted by molar-refractivity contribution is 7.32. The van der Waals surface area contributed by atoms with Crippen molar-refractivity contribution < 1.29 is 14.0 Å². The van der Waals surface area contributed by atoms with E-state index in [-0.39, 0.29) is 0 Å². The summed E-state index contributed by atoms with van der Waals surface area (Å²) in [5.41, 5.74) is -0.452. The van der Waals surface area contributed by atoms with E-state index in [4.69, 9.17) is 9.42 Å². The van der Waals surface area contributed by atoms with Crippen LogP contribution in [0.25, 0.3) is 0 Å². The van der Waals surface area contributed by atoms with Gasteiger partial charge in [-0.15, -0.1) is 0 Å². The topological polar surface area (TPSA) is 46.5 Å². The maximum Gasteiger partial charge on any atom is 0.317 e. The lowest BCUT2D eigenvalue weighted by atomic mass is 9.99. The Balaban J connectivity index is 3.31. The number of unbranched alkanes of at least 4 members (excludes halogenated alkanes) is 8. The Kier molecular flexibility index (Phi) is 11.1. The molecule has 0 bridgehead atoms. The Labute approximate surface area is 113 Å². The predicted octanol–water partition coefficient (Wildman–Crippen LogP) is 5.08. The monoisotopic (exact) mass is 278 g/mol. The van der Waals surface area contributed by atoms with E-state index >= 15 is 0 Å². The van der Waals surface area contributed by atoms with Crippen LogP contribution in [0, 0.1) is 0 Å². The SMILES string of the molecule is CCCCCCCCCCCC(C)(C)O[PH](=O)O. The second-order valence-corrected chi connectivity index (χ2v) is 6.44. The van der Waals surface area contributed by atoms with Crippen LogP contribution in [0.5, 0.6) is 0 Å². The molecule has 0 rings (SSSR count). The summed E-state index contributed by atoms with van der Waals surface area (Å²) in [4.78, 5) is 8.76. The summed E-state index contributed by atoms with van der Waals surface area (Å²) in [5.74, 6) is 0. The van der Waals surface area contributed by atoms with Crippen LogP contribution < -0.4 is 0 Å². The van der Waals surface area contributed by atoms with Crippen molar-refractivity contribution in [3.8, 4) is 0 Å². The van der Waals surface area contributed by atoms with Crippen molar-refractivity contribution in [3.63, 3.8) is 0 Å². The fourth-order valence-electron chi connectivity index (χ4n) is 2.15. The first-order valence-electron chi connectivity index (χ1n) is 7.40. The van der Waals surface area contributed by atoms with Crippen molar-refractivity contribution in [2.75, 3.05) is 0 Å². The molecule has 0 radical (unpaired) electrons. The van der Waals surface area contributed by atoms with Crippen LogP contribution in [0.15, 0.2) is 0 Å². The maximum absolute atomic E-state index is 10.6. The molecule has 0 fully saturated rings. The van der Waals surface area contributed by atoms with Gasteiger partial charge < -0.3 is 9.42 Å². The molecule has 0 aliphatic carbocycles. The van der Waals surface area contributed by atoms with E-state index in [0.717, 1.165) is 12.8 Å². The quantitative estimate of drug-likeness (QED) is 0.400.